The number of nitrogens with zero attached hydrogens (tertiary/aromatic N) is 3. The third kappa shape index (κ3) is 4.09. The van der Waals surface area contributed by atoms with Gasteiger partial charge in [0.2, 0.25) is 5.82 Å². The smallest absolute Gasteiger partial charge is 0.258 e. The van der Waals surface area contributed by atoms with Crippen molar-refractivity contribution in [2.75, 3.05) is 20.8 Å². The molecule has 4 rings (SSSR count). The van der Waals surface area contributed by atoms with Crippen LogP contribution in [0, 0.1) is 0 Å². The number of benzene rings is 2. The lowest BCUT2D eigenvalue weighted by Gasteiger charge is -2.36. The molecule has 1 atom stereocenters. The van der Waals surface area contributed by atoms with E-state index >= 15 is 0 Å². The van der Waals surface area contributed by atoms with Gasteiger partial charge in [0.05, 0.1) is 25.8 Å². The zero-order chi connectivity index (χ0) is 22.7. The molecule has 0 spiro atoms. The Morgan fingerprint density at radius 3 is 2.59 bits per heavy atom. The normalized spacial score (nSPS) is 16.0. The van der Waals surface area contributed by atoms with Crippen molar-refractivity contribution in [2.45, 2.75) is 13.0 Å². The maximum Gasteiger partial charge on any atom is 0.258 e. The van der Waals surface area contributed by atoms with E-state index in [1.165, 1.54) is 0 Å². The summed E-state index contributed by atoms with van der Waals surface area (Å²) in [6.45, 7) is 6.41. The Morgan fingerprint density at radius 2 is 1.91 bits per heavy atom. The first kappa shape index (κ1) is 21.6. The Morgan fingerprint density at radius 1 is 1.16 bits per heavy atom. The Labute approximate surface area is 192 Å². The summed E-state index contributed by atoms with van der Waals surface area (Å²) in [6.07, 6.45) is 1.80. The molecule has 0 saturated heterocycles. The highest BCUT2D eigenvalue weighted by molar-refractivity contribution is 7.80. The highest BCUT2D eigenvalue weighted by Crippen LogP contribution is 2.38. The lowest BCUT2D eigenvalue weighted by Crippen LogP contribution is -2.45. The molecule has 0 radical (unpaired) electrons. The molecule has 2 heterocycles. The maximum absolute atomic E-state index is 5.74. The van der Waals surface area contributed by atoms with Crippen LogP contribution in [0.3, 0.4) is 0 Å². The summed E-state index contributed by atoms with van der Waals surface area (Å²) in [5, 5.41) is 8.24. The van der Waals surface area contributed by atoms with Crippen LogP contribution in [0.15, 0.2) is 71.4 Å². The first-order valence-electron chi connectivity index (χ1n) is 10.1. The second-order valence-electron chi connectivity index (χ2n) is 7.21. The van der Waals surface area contributed by atoms with Gasteiger partial charge in [-0.05, 0) is 61.1 Å². The van der Waals surface area contributed by atoms with Crippen molar-refractivity contribution in [3.05, 3.63) is 78.3 Å². The van der Waals surface area contributed by atoms with Gasteiger partial charge >= 0.3 is 0 Å². The van der Waals surface area contributed by atoms with E-state index in [2.05, 4.69) is 17.1 Å². The number of nitrogens with one attached hydrogen (secondary N) is 1. The first-order valence-corrected chi connectivity index (χ1v) is 10.5. The minimum atomic E-state index is -0.275. The minimum Gasteiger partial charge on any atom is -0.497 e. The zero-order valence-corrected chi connectivity index (χ0v) is 19.0. The van der Waals surface area contributed by atoms with E-state index in [1.54, 1.807) is 20.3 Å². The van der Waals surface area contributed by atoms with Gasteiger partial charge in [-0.15, -0.1) is 6.58 Å². The highest BCUT2D eigenvalue weighted by Gasteiger charge is 2.33. The maximum atomic E-state index is 5.74. The van der Waals surface area contributed by atoms with Crippen LogP contribution in [-0.2, 0) is 0 Å². The van der Waals surface area contributed by atoms with Crippen LogP contribution in [0.4, 0.5) is 0 Å². The fourth-order valence-corrected chi connectivity index (χ4v) is 4.00. The van der Waals surface area contributed by atoms with Crippen LogP contribution in [0.2, 0.25) is 0 Å². The van der Waals surface area contributed by atoms with Crippen molar-refractivity contribution in [3.63, 3.8) is 0 Å². The second-order valence-corrected chi connectivity index (χ2v) is 7.60. The molecule has 8 heteroatoms. The average Bonchev–Trinajstić information content (AvgIpc) is 3.31. The van der Waals surface area contributed by atoms with Gasteiger partial charge in [0.25, 0.3) is 5.89 Å². The second kappa shape index (κ2) is 9.23. The number of ether oxygens (including phenoxy) is 2. The van der Waals surface area contributed by atoms with Crippen molar-refractivity contribution in [2.24, 2.45) is 0 Å². The fraction of sp³-hybridized carbons (Fsp3) is 0.208. The van der Waals surface area contributed by atoms with E-state index in [9.17, 15) is 0 Å². The van der Waals surface area contributed by atoms with Gasteiger partial charge in [-0.25, -0.2) is 0 Å². The predicted molar refractivity (Wildman–Crippen MR) is 127 cm³/mol. The highest BCUT2D eigenvalue weighted by atomic mass is 32.1. The molecule has 0 amide bonds. The molecule has 2 aromatic carbocycles. The van der Waals surface area contributed by atoms with E-state index < -0.39 is 0 Å². The molecule has 0 aliphatic carbocycles. The molecule has 7 nitrogen and oxygen atoms in total. The Balaban J connectivity index is 1.80. The van der Waals surface area contributed by atoms with E-state index in [4.69, 9.17) is 31.2 Å². The van der Waals surface area contributed by atoms with Crippen LogP contribution < -0.4 is 14.8 Å². The summed E-state index contributed by atoms with van der Waals surface area (Å²) in [6, 6.07) is 15.1. The standard InChI is InChI=1S/C24H24N4O3S/c1-5-13-28-15(2)20(21(25-24(28)32)17-7-6-8-19(14-17)30-4)23-26-22(27-31-23)16-9-11-18(29-3)12-10-16/h5-12,14,21H,1,13H2,2-4H3,(H,25,32). The van der Waals surface area contributed by atoms with Gasteiger partial charge in [-0.3, -0.25) is 0 Å². The fourth-order valence-electron chi connectivity index (χ4n) is 3.67. The molecule has 0 fully saturated rings. The summed E-state index contributed by atoms with van der Waals surface area (Å²) in [4.78, 5) is 6.67. The largest absolute Gasteiger partial charge is 0.497 e. The van der Waals surface area contributed by atoms with E-state index in [0.717, 1.165) is 33.9 Å². The quantitative estimate of drug-likeness (QED) is 0.415. The monoisotopic (exact) mass is 448 g/mol. The van der Waals surface area contributed by atoms with Crippen molar-refractivity contribution in [3.8, 4) is 22.9 Å². The predicted octanol–water partition coefficient (Wildman–Crippen LogP) is 4.60. The molecule has 0 bridgehead atoms. The number of allylic oxidation sites excluding steroid dienone is 1. The first-order chi connectivity index (χ1) is 15.5. The van der Waals surface area contributed by atoms with Gasteiger partial charge in [0.1, 0.15) is 11.5 Å². The van der Waals surface area contributed by atoms with Crippen molar-refractivity contribution in [1.29, 1.82) is 0 Å². The third-order valence-electron chi connectivity index (χ3n) is 5.34. The number of thiocarbonyl (C=S) groups is 1. The molecule has 1 aromatic heterocycles. The molecule has 1 N–H and O–H groups in total. The van der Waals surface area contributed by atoms with Crippen LogP contribution in [0.25, 0.3) is 17.0 Å². The third-order valence-corrected chi connectivity index (χ3v) is 5.68. The van der Waals surface area contributed by atoms with Crippen LogP contribution >= 0.6 is 12.2 Å². The topological polar surface area (TPSA) is 72.7 Å². The summed E-state index contributed by atoms with van der Waals surface area (Å²) < 4.78 is 16.4. The van der Waals surface area contributed by atoms with E-state index in [-0.39, 0.29) is 6.04 Å². The SMILES string of the molecule is C=CCN1C(=S)NC(c2cccc(OC)c2)C(c2nc(-c3ccc(OC)cc3)no2)=C1C. The Bertz CT molecular complexity index is 1170. The van der Waals surface area contributed by atoms with Gasteiger partial charge in [0, 0.05) is 17.8 Å². The number of rotatable bonds is 7. The summed E-state index contributed by atoms with van der Waals surface area (Å²) in [5.41, 5.74) is 3.58. The zero-order valence-electron chi connectivity index (χ0n) is 18.2. The molecule has 32 heavy (non-hydrogen) atoms. The summed E-state index contributed by atoms with van der Waals surface area (Å²) in [7, 11) is 3.27. The molecule has 1 aliphatic heterocycles. The number of aromatic nitrogens is 2. The van der Waals surface area contributed by atoms with Gasteiger partial charge in [-0.1, -0.05) is 23.4 Å². The average molecular weight is 449 g/mol. The van der Waals surface area contributed by atoms with Gasteiger partial charge in [-0.2, -0.15) is 4.98 Å². The molecule has 0 saturated carbocycles. The molecule has 1 aliphatic rings. The number of hydrogen-bond donors (Lipinski definition) is 1. The van der Waals surface area contributed by atoms with Crippen molar-refractivity contribution >= 4 is 22.9 Å². The summed E-state index contributed by atoms with van der Waals surface area (Å²) >= 11 is 5.64. The van der Waals surface area contributed by atoms with E-state index in [1.807, 2.05) is 60.4 Å². The van der Waals surface area contributed by atoms with Crippen LogP contribution in [0.5, 0.6) is 11.5 Å². The van der Waals surface area contributed by atoms with Crippen LogP contribution in [-0.4, -0.2) is 40.9 Å². The van der Waals surface area contributed by atoms with Crippen molar-refractivity contribution in [1.82, 2.24) is 20.4 Å². The lowest BCUT2D eigenvalue weighted by molar-refractivity contribution is 0.398. The van der Waals surface area contributed by atoms with E-state index in [0.29, 0.717) is 23.4 Å². The molecule has 164 valence electrons. The van der Waals surface area contributed by atoms with Crippen LogP contribution in [0.1, 0.15) is 24.4 Å². The van der Waals surface area contributed by atoms with Crippen molar-refractivity contribution < 1.29 is 14.0 Å². The molecular weight excluding hydrogens is 424 g/mol. The lowest BCUT2D eigenvalue weighted by atomic mass is 9.94. The number of hydrogen-bond acceptors (Lipinski definition) is 6. The molecular formula is C24H24N4O3S. The molecule has 1 unspecified atom stereocenters. The Hall–Kier alpha value is -3.65. The number of methoxy groups -OCH3 is 2. The minimum absolute atomic E-state index is 0.275. The molecule has 3 aromatic rings. The van der Waals surface area contributed by atoms with Gasteiger partial charge in [0.15, 0.2) is 5.11 Å². The van der Waals surface area contributed by atoms with Gasteiger partial charge < -0.3 is 24.2 Å². The Kier molecular flexibility index (Phi) is 6.23. The summed E-state index contributed by atoms with van der Waals surface area (Å²) in [5.74, 6) is 2.44.